The van der Waals surface area contributed by atoms with Gasteiger partial charge in [0.05, 0.1) is 56.7 Å². The van der Waals surface area contributed by atoms with Crippen molar-refractivity contribution in [1.82, 2.24) is 9.97 Å². The summed E-state index contributed by atoms with van der Waals surface area (Å²) >= 11 is 0. The Labute approximate surface area is 218 Å². The van der Waals surface area contributed by atoms with Crippen LogP contribution in [0.15, 0.2) is 66.2 Å². The quantitative estimate of drug-likeness (QED) is 0.213. The van der Waals surface area contributed by atoms with E-state index in [1.807, 2.05) is 18.2 Å². The predicted molar refractivity (Wildman–Crippen MR) is 140 cm³/mol. The SMILES string of the molecule is COc1ccc(/C(O)=C2\C(=O)C(=O)N(c3nc4ccccc4[nH]3)C2c2ccc(OC)c(OC)c2)c(OC)c1. The number of methoxy groups -OCH3 is 4. The van der Waals surface area contributed by atoms with E-state index in [0.717, 1.165) is 0 Å². The molecular weight excluding hydrogens is 490 g/mol. The Balaban J connectivity index is 1.76. The zero-order valence-electron chi connectivity index (χ0n) is 21.1. The zero-order chi connectivity index (χ0) is 27.0. The highest BCUT2D eigenvalue weighted by Gasteiger charge is 2.48. The van der Waals surface area contributed by atoms with Gasteiger partial charge < -0.3 is 29.0 Å². The Hall–Kier alpha value is -4.99. The number of hydrogen-bond donors (Lipinski definition) is 2. The highest BCUT2D eigenvalue weighted by Crippen LogP contribution is 2.45. The third-order valence-corrected chi connectivity index (χ3v) is 6.44. The van der Waals surface area contributed by atoms with Gasteiger partial charge in [-0.25, -0.2) is 4.98 Å². The third-order valence-electron chi connectivity index (χ3n) is 6.44. The number of aromatic amines is 1. The van der Waals surface area contributed by atoms with Gasteiger partial charge in [-0.3, -0.25) is 14.5 Å². The number of hydrogen-bond acceptors (Lipinski definition) is 8. The molecule has 0 aliphatic carbocycles. The van der Waals surface area contributed by atoms with Crippen molar-refractivity contribution in [3.05, 3.63) is 77.4 Å². The highest BCUT2D eigenvalue weighted by molar-refractivity contribution is 6.51. The number of rotatable bonds is 7. The number of carbonyl (C=O) groups excluding carboxylic acids is 2. The van der Waals surface area contributed by atoms with Crippen molar-refractivity contribution in [2.45, 2.75) is 6.04 Å². The second kappa shape index (κ2) is 9.81. The van der Waals surface area contributed by atoms with Crippen LogP contribution in [0.3, 0.4) is 0 Å². The first-order valence-electron chi connectivity index (χ1n) is 11.6. The van der Waals surface area contributed by atoms with E-state index in [1.54, 1.807) is 42.5 Å². The van der Waals surface area contributed by atoms with Gasteiger partial charge >= 0.3 is 5.91 Å². The van der Waals surface area contributed by atoms with Crippen LogP contribution in [0.1, 0.15) is 17.2 Å². The zero-order valence-corrected chi connectivity index (χ0v) is 21.1. The summed E-state index contributed by atoms with van der Waals surface area (Å²) in [6, 6.07) is 16.0. The Morgan fingerprint density at radius 2 is 1.61 bits per heavy atom. The van der Waals surface area contributed by atoms with Gasteiger partial charge in [0.15, 0.2) is 11.5 Å². The summed E-state index contributed by atoms with van der Waals surface area (Å²) < 4.78 is 21.5. The van der Waals surface area contributed by atoms with Crippen LogP contribution in [-0.4, -0.2) is 55.2 Å². The molecule has 1 amide bonds. The maximum absolute atomic E-state index is 13.5. The number of ether oxygens (including phenoxy) is 4. The van der Waals surface area contributed by atoms with Crippen molar-refractivity contribution < 1.29 is 33.6 Å². The molecule has 1 fully saturated rings. The average molecular weight is 516 g/mol. The van der Waals surface area contributed by atoms with Crippen LogP contribution < -0.4 is 23.8 Å². The van der Waals surface area contributed by atoms with Crippen LogP contribution in [0.25, 0.3) is 16.8 Å². The minimum absolute atomic E-state index is 0.133. The van der Waals surface area contributed by atoms with Crippen LogP contribution in [-0.2, 0) is 9.59 Å². The monoisotopic (exact) mass is 515 g/mol. The predicted octanol–water partition coefficient (Wildman–Crippen LogP) is 4.22. The number of aromatic nitrogens is 2. The van der Waals surface area contributed by atoms with Gasteiger partial charge in [-0.1, -0.05) is 18.2 Å². The van der Waals surface area contributed by atoms with Crippen molar-refractivity contribution in [2.75, 3.05) is 33.3 Å². The Morgan fingerprint density at radius 3 is 2.29 bits per heavy atom. The number of Topliss-reactive ketones (excluding diaryl/α,β-unsaturated/α-hetero) is 1. The fraction of sp³-hybridized carbons (Fsp3) is 0.179. The second-order valence-corrected chi connectivity index (χ2v) is 8.43. The number of H-pyrrole nitrogens is 1. The van der Waals surface area contributed by atoms with Crippen LogP contribution in [0.2, 0.25) is 0 Å². The molecule has 1 aromatic heterocycles. The summed E-state index contributed by atoms with van der Waals surface area (Å²) in [5.74, 6) is -0.343. The minimum atomic E-state index is -1.04. The van der Waals surface area contributed by atoms with Crippen molar-refractivity contribution in [1.29, 1.82) is 0 Å². The molecule has 3 aromatic carbocycles. The fourth-order valence-electron chi connectivity index (χ4n) is 4.58. The molecule has 4 aromatic rings. The summed E-state index contributed by atoms with van der Waals surface area (Å²) in [7, 11) is 5.93. The molecule has 0 radical (unpaired) electrons. The number of para-hydroxylation sites is 2. The molecule has 38 heavy (non-hydrogen) atoms. The van der Waals surface area contributed by atoms with Crippen molar-refractivity contribution >= 4 is 34.4 Å². The molecule has 10 heteroatoms. The van der Waals surface area contributed by atoms with E-state index in [9.17, 15) is 14.7 Å². The van der Waals surface area contributed by atoms with E-state index in [-0.39, 0.29) is 22.8 Å². The molecule has 0 bridgehead atoms. The number of anilines is 1. The molecule has 0 saturated carbocycles. The molecule has 1 saturated heterocycles. The fourth-order valence-corrected chi connectivity index (χ4v) is 4.58. The lowest BCUT2D eigenvalue weighted by Crippen LogP contribution is -2.30. The minimum Gasteiger partial charge on any atom is -0.507 e. The molecule has 194 valence electrons. The standard InChI is InChI=1S/C28H25N3O7/c1-35-16-10-11-17(21(14-16)37-3)25(32)23-24(15-9-12-20(36-2)22(13-15)38-4)31(27(34)26(23)33)28-29-18-7-5-6-8-19(18)30-28/h5-14,24,32H,1-4H3,(H,29,30)/b25-23+. The number of ketones is 1. The van der Waals surface area contributed by atoms with E-state index in [4.69, 9.17) is 18.9 Å². The van der Waals surface area contributed by atoms with Gasteiger partial charge in [-0.05, 0) is 42.0 Å². The number of benzene rings is 3. The summed E-state index contributed by atoms with van der Waals surface area (Å²) in [5.41, 5.74) is 1.89. The Kier molecular flexibility index (Phi) is 6.38. The molecule has 10 nitrogen and oxygen atoms in total. The first-order chi connectivity index (χ1) is 18.4. The summed E-state index contributed by atoms with van der Waals surface area (Å²) in [6.07, 6.45) is 0. The lowest BCUT2D eigenvalue weighted by Gasteiger charge is -2.24. The Morgan fingerprint density at radius 1 is 0.868 bits per heavy atom. The van der Waals surface area contributed by atoms with Gasteiger partial charge in [-0.2, -0.15) is 0 Å². The number of fused-ring (bicyclic) bond motifs is 1. The van der Waals surface area contributed by atoms with Gasteiger partial charge in [0.1, 0.15) is 17.3 Å². The molecule has 0 spiro atoms. The number of nitrogens with zero attached hydrogens (tertiary/aromatic N) is 2. The lowest BCUT2D eigenvalue weighted by molar-refractivity contribution is -0.132. The lowest BCUT2D eigenvalue weighted by atomic mass is 9.94. The molecular formula is C28H25N3O7. The van der Waals surface area contributed by atoms with Gasteiger partial charge in [0.25, 0.3) is 5.78 Å². The van der Waals surface area contributed by atoms with Crippen LogP contribution in [0.5, 0.6) is 23.0 Å². The topological polar surface area (TPSA) is 123 Å². The maximum atomic E-state index is 13.5. The number of aliphatic hydroxyl groups excluding tert-OH is 1. The van der Waals surface area contributed by atoms with E-state index >= 15 is 0 Å². The summed E-state index contributed by atoms with van der Waals surface area (Å²) in [4.78, 5) is 35.9. The van der Waals surface area contributed by atoms with E-state index in [2.05, 4.69) is 9.97 Å². The average Bonchev–Trinajstić information content (AvgIpc) is 3.49. The van der Waals surface area contributed by atoms with E-state index in [1.165, 1.54) is 33.3 Å². The van der Waals surface area contributed by atoms with Crippen LogP contribution in [0, 0.1) is 0 Å². The molecule has 1 aliphatic rings. The Bertz CT molecular complexity index is 1560. The third kappa shape index (κ3) is 3.96. The van der Waals surface area contributed by atoms with Crippen molar-refractivity contribution in [2.24, 2.45) is 0 Å². The van der Waals surface area contributed by atoms with Crippen molar-refractivity contribution in [3.63, 3.8) is 0 Å². The molecule has 1 aliphatic heterocycles. The first-order valence-corrected chi connectivity index (χ1v) is 11.6. The van der Waals surface area contributed by atoms with Gasteiger partial charge in [0, 0.05) is 6.07 Å². The van der Waals surface area contributed by atoms with Crippen LogP contribution >= 0.6 is 0 Å². The number of nitrogens with one attached hydrogen (secondary N) is 1. The normalized spacial score (nSPS) is 16.6. The number of carbonyl (C=O) groups is 2. The number of amides is 1. The summed E-state index contributed by atoms with van der Waals surface area (Å²) in [5, 5.41) is 11.5. The molecule has 2 heterocycles. The van der Waals surface area contributed by atoms with Gasteiger partial charge in [0.2, 0.25) is 5.95 Å². The highest BCUT2D eigenvalue weighted by atomic mass is 16.5. The molecule has 5 rings (SSSR count). The molecule has 1 unspecified atom stereocenters. The first kappa shape index (κ1) is 24.7. The molecule has 2 N–H and O–H groups in total. The number of aliphatic hydroxyl groups is 1. The van der Waals surface area contributed by atoms with E-state index < -0.39 is 23.5 Å². The molecule has 1 atom stereocenters. The van der Waals surface area contributed by atoms with Gasteiger partial charge in [-0.15, -0.1) is 0 Å². The smallest absolute Gasteiger partial charge is 0.302 e. The van der Waals surface area contributed by atoms with Crippen LogP contribution in [0.4, 0.5) is 5.95 Å². The van der Waals surface area contributed by atoms with E-state index in [0.29, 0.717) is 33.8 Å². The maximum Gasteiger partial charge on any atom is 0.302 e. The second-order valence-electron chi connectivity index (χ2n) is 8.43. The number of imidazole rings is 1. The summed E-state index contributed by atoms with van der Waals surface area (Å²) in [6.45, 7) is 0. The largest absolute Gasteiger partial charge is 0.507 e. The van der Waals surface area contributed by atoms with Crippen molar-refractivity contribution in [3.8, 4) is 23.0 Å².